The fourth-order valence-electron chi connectivity index (χ4n) is 3.52. The van der Waals surface area contributed by atoms with Crippen LogP contribution in [0.2, 0.25) is 0 Å². The molecule has 1 aliphatic rings. The summed E-state index contributed by atoms with van der Waals surface area (Å²) in [6.45, 7) is 1.45. The molecular weight excluding hydrogens is 350 g/mol. The quantitative estimate of drug-likeness (QED) is 0.710. The van der Waals surface area contributed by atoms with Crippen LogP contribution < -0.4 is 14.8 Å². The normalized spacial score (nSPS) is 16.1. The fourth-order valence-corrected chi connectivity index (χ4v) is 3.52. The Morgan fingerprint density at radius 2 is 2.04 bits per heavy atom. The number of nitrogens with one attached hydrogen (secondary N) is 1. The summed E-state index contributed by atoms with van der Waals surface area (Å²) in [5, 5.41) is 7.79. The van der Waals surface area contributed by atoms with Crippen molar-refractivity contribution in [1.82, 2.24) is 15.1 Å². The van der Waals surface area contributed by atoms with Gasteiger partial charge in [-0.2, -0.15) is 5.10 Å². The molecule has 2 aromatic carbocycles. The van der Waals surface area contributed by atoms with E-state index in [9.17, 15) is 0 Å². The van der Waals surface area contributed by atoms with Crippen LogP contribution in [0.25, 0.3) is 6.08 Å². The van der Waals surface area contributed by atoms with Crippen molar-refractivity contribution in [2.24, 2.45) is 7.05 Å². The van der Waals surface area contributed by atoms with Gasteiger partial charge in [0.15, 0.2) is 11.5 Å². The minimum atomic E-state index is 0.135. The Bertz CT molecular complexity index is 963. The number of aryl methyl sites for hydroxylation is 1. The van der Waals surface area contributed by atoms with Crippen LogP contribution in [0.1, 0.15) is 28.4 Å². The van der Waals surface area contributed by atoms with Gasteiger partial charge in [-0.3, -0.25) is 4.68 Å². The maximum absolute atomic E-state index is 6.07. The van der Waals surface area contributed by atoms with E-state index in [2.05, 4.69) is 46.8 Å². The minimum absolute atomic E-state index is 0.135. The van der Waals surface area contributed by atoms with Crippen LogP contribution in [0, 0.1) is 0 Å². The Morgan fingerprint density at radius 1 is 1.18 bits per heavy atom. The number of aromatic nitrogens is 2. The van der Waals surface area contributed by atoms with E-state index in [1.807, 2.05) is 36.0 Å². The van der Waals surface area contributed by atoms with Crippen molar-refractivity contribution < 1.29 is 9.47 Å². The molecule has 0 amide bonds. The van der Waals surface area contributed by atoms with Crippen LogP contribution in [0.15, 0.2) is 60.8 Å². The Kier molecular flexibility index (Phi) is 5.44. The summed E-state index contributed by atoms with van der Waals surface area (Å²) in [4.78, 5) is 0. The van der Waals surface area contributed by atoms with Crippen LogP contribution >= 0.6 is 0 Å². The van der Waals surface area contributed by atoms with Crippen molar-refractivity contribution in [2.75, 3.05) is 13.7 Å². The summed E-state index contributed by atoms with van der Waals surface area (Å²) >= 11 is 0. The van der Waals surface area contributed by atoms with Crippen LogP contribution in [0.3, 0.4) is 0 Å². The molecule has 1 aliphatic heterocycles. The standard InChI is InChI=1S/C23H25N3O2/c1-26-19(11-13-25-26)8-9-21-20-15-22(27-2)23(14-18(20)10-12-24-21)28-16-17-6-4-3-5-7-17/h3-9,11,13-15,21,24H,10,12,16H2,1-2H3/b9-8+. The average Bonchev–Trinajstić information content (AvgIpc) is 3.15. The summed E-state index contributed by atoms with van der Waals surface area (Å²) in [5.74, 6) is 1.55. The molecule has 0 saturated carbocycles. The Balaban J connectivity index is 1.57. The molecule has 5 heteroatoms. The van der Waals surface area contributed by atoms with Crippen molar-refractivity contribution in [2.45, 2.75) is 19.1 Å². The number of hydrogen-bond acceptors (Lipinski definition) is 4. The molecule has 3 aromatic rings. The van der Waals surface area contributed by atoms with E-state index in [-0.39, 0.29) is 6.04 Å². The molecule has 5 nitrogen and oxygen atoms in total. The van der Waals surface area contributed by atoms with Gasteiger partial charge in [0.05, 0.1) is 18.8 Å². The number of nitrogens with zero attached hydrogens (tertiary/aromatic N) is 2. The number of benzene rings is 2. The molecule has 144 valence electrons. The maximum atomic E-state index is 6.07. The minimum Gasteiger partial charge on any atom is -0.493 e. The second kappa shape index (κ2) is 8.31. The SMILES string of the molecule is COc1cc2c(cc1OCc1ccccc1)CCNC2/C=C/c1ccnn1C. The number of ether oxygens (including phenoxy) is 2. The highest BCUT2D eigenvalue weighted by molar-refractivity contribution is 5.53. The predicted octanol–water partition coefficient (Wildman–Crippen LogP) is 3.91. The topological polar surface area (TPSA) is 48.3 Å². The highest BCUT2D eigenvalue weighted by Crippen LogP contribution is 2.36. The predicted molar refractivity (Wildman–Crippen MR) is 110 cm³/mol. The van der Waals surface area contributed by atoms with Crippen molar-refractivity contribution in [3.8, 4) is 11.5 Å². The van der Waals surface area contributed by atoms with E-state index < -0.39 is 0 Å². The lowest BCUT2D eigenvalue weighted by Gasteiger charge is -2.26. The van der Waals surface area contributed by atoms with E-state index in [0.717, 1.165) is 35.7 Å². The second-order valence-electron chi connectivity index (χ2n) is 6.90. The van der Waals surface area contributed by atoms with Gasteiger partial charge in [-0.1, -0.05) is 36.4 Å². The van der Waals surface area contributed by atoms with E-state index in [0.29, 0.717) is 6.61 Å². The van der Waals surface area contributed by atoms with Crippen LogP contribution in [0.4, 0.5) is 0 Å². The first kappa shape index (κ1) is 18.3. The molecular formula is C23H25N3O2. The third kappa shape index (κ3) is 3.94. The van der Waals surface area contributed by atoms with E-state index in [1.54, 1.807) is 13.3 Å². The van der Waals surface area contributed by atoms with Gasteiger partial charge in [0.1, 0.15) is 6.61 Å². The highest BCUT2D eigenvalue weighted by Gasteiger charge is 2.21. The third-order valence-electron chi connectivity index (χ3n) is 5.07. The first-order valence-corrected chi connectivity index (χ1v) is 9.51. The van der Waals surface area contributed by atoms with E-state index >= 15 is 0 Å². The number of hydrogen-bond donors (Lipinski definition) is 1. The third-order valence-corrected chi connectivity index (χ3v) is 5.07. The molecule has 4 rings (SSSR count). The summed E-state index contributed by atoms with van der Waals surface area (Å²) in [7, 11) is 3.63. The molecule has 2 heterocycles. The van der Waals surface area contributed by atoms with Crippen LogP contribution in [0.5, 0.6) is 11.5 Å². The largest absolute Gasteiger partial charge is 0.493 e. The van der Waals surface area contributed by atoms with Crippen LogP contribution in [-0.4, -0.2) is 23.4 Å². The van der Waals surface area contributed by atoms with Gasteiger partial charge in [0, 0.05) is 19.8 Å². The van der Waals surface area contributed by atoms with Gasteiger partial charge in [0.25, 0.3) is 0 Å². The van der Waals surface area contributed by atoms with Gasteiger partial charge in [-0.15, -0.1) is 0 Å². The molecule has 0 radical (unpaired) electrons. The van der Waals surface area contributed by atoms with Crippen LogP contribution in [-0.2, 0) is 20.1 Å². The first-order valence-electron chi connectivity index (χ1n) is 9.51. The number of methoxy groups -OCH3 is 1. The van der Waals surface area contributed by atoms with Gasteiger partial charge >= 0.3 is 0 Å². The van der Waals surface area contributed by atoms with Gasteiger partial charge in [-0.25, -0.2) is 0 Å². The summed E-state index contributed by atoms with van der Waals surface area (Å²) < 4.78 is 13.6. The Hall–Kier alpha value is -3.05. The molecule has 0 saturated heterocycles. The van der Waals surface area contributed by atoms with Crippen molar-refractivity contribution >= 4 is 6.08 Å². The zero-order valence-corrected chi connectivity index (χ0v) is 16.3. The lowest BCUT2D eigenvalue weighted by atomic mass is 9.93. The maximum Gasteiger partial charge on any atom is 0.161 e. The molecule has 0 bridgehead atoms. The van der Waals surface area contributed by atoms with E-state index in [1.165, 1.54) is 11.1 Å². The smallest absolute Gasteiger partial charge is 0.161 e. The fraction of sp³-hybridized carbons (Fsp3) is 0.261. The zero-order chi connectivity index (χ0) is 19.3. The lowest BCUT2D eigenvalue weighted by Crippen LogP contribution is -2.28. The molecule has 1 aromatic heterocycles. The van der Waals surface area contributed by atoms with Crippen molar-refractivity contribution in [3.05, 3.63) is 83.2 Å². The molecule has 1 atom stereocenters. The first-order chi connectivity index (χ1) is 13.7. The number of fused-ring (bicyclic) bond motifs is 1. The van der Waals surface area contributed by atoms with Gasteiger partial charge < -0.3 is 14.8 Å². The average molecular weight is 375 g/mol. The number of rotatable bonds is 6. The van der Waals surface area contributed by atoms with Crippen molar-refractivity contribution in [3.63, 3.8) is 0 Å². The second-order valence-corrected chi connectivity index (χ2v) is 6.90. The molecule has 0 aliphatic carbocycles. The molecule has 0 spiro atoms. The highest BCUT2D eigenvalue weighted by atomic mass is 16.5. The molecule has 28 heavy (non-hydrogen) atoms. The monoisotopic (exact) mass is 375 g/mol. The van der Waals surface area contributed by atoms with Crippen molar-refractivity contribution in [1.29, 1.82) is 0 Å². The molecule has 1 unspecified atom stereocenters. The lowest BCUT2D eigenvalue weighted by molar-refractivity contribution is 0.283. The molecule has 0 fully saturated rings. The van der Waals surface area contributed by atoms with Gasteiger partial charge in [0.2, 0.25) is 0 Å². The summed E-state index contributed by atoms with van der Waals surface area (Å²) in [5.41, 5.74) is 4.74. The molecule has 1 N–H and O–H groups in total. The summed E-state index contributed by atoms with van der Waals surface area (Å²) in [6, 6.07) is 16.5. The summed E-state index contributed by atoms with van der Waals surface area (Å²) in [6.07, 6.45) is 7.06. The zero-order valence-electron chi connectivity index (χ0n) is 16.3. The van der Waals surface area contributed by atoms with E-state index in [4.69, 9.17) is 9.47 Å². The van der Waals surface area contributed by atoms with Gasteiger partial charge in [-0.05, 0) is 47.4 Å². The Labute approximate surface area is 165 Å². The Morgan fingerprint density at radius 3 is 2.79 bits per heavy atom.